The maximum Gasteiger partial charge on any atom is 0.348 e. The Morgan fingerprint density at radius 2 is 1.67 bits per heavy atom. The van der Waals surface area contributed by atoms with E-state index in [1.165, 1.54) is 0 Å². The number of esters is 4. The van der Waals surface area contributed by atoms with E-state index in [0.717, 1.165) is 37.7 Å². The van der Waals surface area contributed by atoms with Gasteiger partial charge < -0.3 is 23.7 Å². The minimum Gasteiger partial charge on any atom is -0.459 e. The van der Waals surface area contributed by atoms with Crippen molar-refractivity contribution in [2.24, 2.45) is 29.1 Å². The first-order valence-corrected chi connectivity index (χ1v) is 14.6. The van der Waals surface area contributed by atoms with E-state index in [4.69, 9.17) is 23.7 Å². The van der Waals surface area contributed by atoms with Crippen molar-refractivity contribution in [1.29, 1.82) is 0 Å². The molecule has 6 rings (SSSR count). The second-order valence-electron chi connectivity index (χ2n) is 13.4. The second-order valence-corrected chi connectivity index (χ2v) is 13.4. The van der Waals surface area contributed by atoms with Crippen LogP contribution in [0.1, 0.15) is 98.8 Å². The smallest absolute Gasteiger partial charge is 0.348 e. The normalized spacial score (nSPS) is 34.3. The number of cyclic esters (lactones) is 2. The Balaban J connectivity index is 1.27. The second kappa shape index (κ2) is 10.2. The number of hydrogen-bond donors (Lipinski definition) is 0. The van der Waals surface area contributed by atoms with Crippen LogP contribution in [0.15, 0.2) is 11.1 Å². The van der Waals surface area contributed by atoms with Crippen LogP contribution in [-0.2, 0) is 42.9 Å². The maximum absolute atomic E-state index is 13.5. The summed E-state index contributed by atoms with van der Waals surface area (Å²) in [5, 5.41) is 0. The highest BCUT2D eigenvalue weighted by Crippen LogP contribution is 2.60. The summed E-state index contributed by atoms with van der Waals surface area (Å²) in [6, 6.07) is 0. The first kappa shape index (κ1) is 28.1. The molecular weight excluding hydrogens is 504 g/mol. The Bertz CT molecular complexity index is 1020. The lowest BCUT2D eigenvalue weighted by atomic mass is 9.51. The van der Waals surface area contributed by atoms with Crippen molar-refractivity contribution in [2.45, 2.75) is 117 Å². The predicted molar refractivity (Wildman–Crippen MR) is 138 cm³/mol. The van der Waals surface area contributed by atoms with Crippen LogP contribution >= 0.6 is 0 Å². The predicted octanol–water partition coefficient (Wildman–Crippen LogP) is 4.75. The van der Waals surface area contributed by atoms with Gasteiger partial charge >= 0.3 is 23.9 Å². The Morgan fingerprint density at radius 1 is 1.03 bits per heavy atom. The molecule has 0 aromatic carbocycles. The minimum absolute atomic E-state index is 0.0256. The summed E-state index contributed by atoms with van der Waals surface area (Å²) < 4.78 is 28.3. The molecular formula is C30H42O9. The zero-order chi connectivity index (χ0) is 28.2. The number of hydrogen-bond acceptors (Lipinski definition) is 9. The van der Waals surface area contributed by atoms with Crippen LogP contribution in [0.5, 0.6) is 0 Å². The monoisotopic (exact) mass is 546 g/mol. The molecule has 0 N–H and O–H groups in total. The number of carbonyl (C=O) groups is 4. The molecule has 6 aliphatic rings. The van der Waals surface area contributed by atoms with Crippen molar-refractivity contribution in [3.05, 3.63) is 11.1 Å². The first-order chi connectivity index (χ1) is 18.3. The maximum atomic E-state index is 13.5. The molecule has 4 bridgehead atoms. The molecule has 9 heteroatoms. The summed E-state index contributed by atoms with van der Waals surface area (Å²) in [5.74, 6) is -3.30. The van der Waals surface area contributed by atoms with Crippen molar-refractivity contribution in [3.8, 4) is 0 Å². The van der Waals surface area contributed by atoms with Gasteiger partial charge in [-0.25, -0.2) is 9.59 Å². The Hall–Kier alpha value is -2.42. The largest absolute Gasteiger partial charge is 0.459 e. The number of ether oxygens (including phenoxy) is 5. The molecule has 39 heavy (non-hydrogen) atoms. The van der Waals surface area contributed by atoms with E-state index in [9.17, 15) is 19.2 Å². The van der Waals surface area contributed by atoms with E-state index < -0.39 is 40.9 Å². The fraction of sp³-hybridized carbons (Fsp3) is 0.800. The van der Waals surface area contributed by atoms with Crippen molar-refractivity contribution in [2.75, 3.05) is 6.61 Å². The summed E-state index contributed by atoms with van der Waals surface area (Å²) in [6.07, 6.45) is 6.64. The first-order valence-electron chi connectivity index (χ1n) is 14.6. The molecule has 2 saturated heterocycles. The summed E-state index contributed by atoms with van der Waals surface area (Å²) >= 11 is 0. The fourth-order valence-electron chi connectivity index (χ4n) is 7.61. The van der Waals surface area contributed by atoms with Gasteiger partial charge in [0.2, 0.25) is 6.29 Å². The SMILES string of the molecule is CCC(CC(C)(C)C(=O)OC1CCCCO1)C(=O)OC12CC3CC(C1)C(=C1C(=O)OC(C)(C)OC1=O)C(C3)C2. The van der Waals surface area contributed by atoms with Gasteiger partial charge in [0, 0.05) is 20.3 Å². The summed E-state index contributed by atoms with van der Waals surface area (Å²) in [7, 11) is 0. The van der Waals surface area contributed by atoms with Crippen molar-refractivity contribution in [3.63, 3.8) is 0 Å². The standard InChI is InChI=1S/C30H42O9/c1-6-18(14-28(2,3)27(34)36-21-9-7-8-10-35-21)24(31)39-30-13-17-11-19(15-30)22(20(12-17)16-30)23-25(32)37-29(4,5)38-26(23)33/h17-21H,6-16H2,1-5H3. The van der Waals surface area contributed by atoms with Crippen LogP contribution in [0.3, 0.4) is 0 Å². The molecule has 6 fully saturated rings. The highest BCUT2D eigenvalue weighted by molar-refractivity contribution is 6.16. The zero-order valence-electron chi connectivity index (χ0n) is 23.8. The minimum atomic E-state index is -1.28. The molecule has 9 nitrogen and oxygen atoms in total. The average Bonchev–Trinajstić information content (AvgIpc) is 2.83. The van der Waals surface area contributed by atoms with Gasteiger partial charge in [-0.05, 0) is 95.0 Å². The van der Waals surface area contributed by atoms with E-state index in [1.807, 2.05) is 6.92 Å². The van der Waals surface area contributed by atoms with Crippen LogP contribution in [0.2, 0.25) is 0 Å². The van der Waals surface area contributed by atoms with E-state index in [0.29, 0.717) is 44.6 Å². The fourth-order valence-corrected chi connectivity index (χ4v) is 7.61. The Labute approximate surface area is 230 Å². The third-order valence-corrected chi connectivity index (χ3v) is 9.22. The third kappa shape index (κ3) is 5.61. The van der Waals surface area contributed by atoms with Gasteiger partial charge in [0.05, 0.1) is 17.9 Å². The molecule has 0 aromatic heterocycles. The molecule has 216 valence electrons. The zero-order valence-corrected chi connectivity index (χ0v) is 23.8. The van der Waals surface area contributed by atoms with Gasteiger partial charge in [-0.1, -0.05) is 6.92 Å². The summed E-state index contributed by atoms with van der Waals surface area (Å²) in [4.78, 5) is 52.2. The van der Waals surface area contributed by atoms with Crippen molar-refractivity contribution in [1.82, 2.24) is 0 Å². The van der Waals surface area contributed by atoms with Crippen LogP contribution in [0.4, 0.5) is 0 Å². The third-order valence-electron chi connectivity index (χ3n) is 9.22. The van der Waals surface area contributed by atoms with Gasteiger partial charge in [-0.15, -0.1) is 0 Å². The molecule has 2 aliphatic heterocycles. The lowest BCUT2D eigenvalue weighted by Crippen LogP contribution is -2.55. The lowest BCUT2D eigenvalue weighted by Gasteiger charge is -2.57. The molecule has 4 unspecified atom stereocenters. The van der Waals surface area contributed by atoms with E-state index in [1.54, 1.807) is 27.7 Å². The van der Waals surface area contributed by atoms with Crippen molar-refractivity contribution >= 4 is 23.9 Å². The van der Waals surface area contributed by atoms with Crippen LogP contribution in [-0.4, -0.2) is 48.2 Å². The highest BCUT2D eigenvalue weighted by atomic mass is 16.7. The lowest BCUT2D eigenvalue weighted by molar-refractivity contribution is -0.223. The van der Waals surface area contributed by atoms with Gasteiger partial charge in [0.25, 0.3) is 5.79 Å². The molecule has 4 aliphatic carbocycles. The van der Waals surface area contributed by atoms with E-state index >= 15 is 0 Å². The molecule has 0 amide bonds. The van der Waals surface area contributed by atoms with Crippen molar-refractivity contribution < 1.29 is 42.9 Å². The molecule has 4 atom stereocenters. The Morgan fingerprint density at radius 3 is 2.23 bits per heavy atom. The quantitative estimate of drug-likeness (QED) is 0.193. The average molecular weight is 547 g/mol. The highest BCUT2D eigenvalue weighted by Gasteiger charge is 2.58. The molecule has 0 radical (unpaired) electrons. The number of rotatable bonds is 7. The van der Waals surface area contributed by atoms with Gasteiger partial charge in [-0.2, -0.15) is 0 Å². The van der Waals surface area contributed by atoms with Crippen LogP contribution in [0.25, 0.3) is 0 Å². The summed E-state index contributed by atoms with van der Waals surface area (Å²) in [5.41, 5.74) is -0.621. The van der Waals surface area contributed by atoms with Gasteiger partial charge in [0.15, 0.2) is 0 Å². The van der Waals surface area contributed by atoms with Crippen LogP contribution < -0.4 is 0 Å². The van der Waals surface area contributed by atoms with E-state index in [-0.39, 0.29) is 29.3 Å². The molecule has 2 heterocycles. The van der Waals surface area contributed by atoms with Gasteiger partial charge in [-0.3, -0.25) is 9.59 Å². The Kier molecular flexibility index (Phi) is 7.36. The van der Waals surface area contributed by atoms with Crippen LogP contribution in [0, 0.1) is 29.1 Å². The molecule has 4 saturated carbocycles. The van der Waals surface area contributed by atoms with E-state index in [2.05, 4.69) is 0 Å². The summed E-state index contributed by atoms with van der Waals surface area (Å²) in [6.45, 7) is 9.23. The molecule has 0 spiro atoms. The van der Waals surface area contributed by atoms with Gasteiger partial charge in [0.1, 0.15) is 11.2 Å². The number of carbonyl (C=O) groups excluding carboxylic acids is 4. The number of allylic oxidation sites excluding steroid dienone is 1. The topological polar surface area (TPSA) is 114 Å². The molecule has 0 aromatic rings.